The van der Waals surface area contributed by atoms with Crippen LogP contribution in [-0.4, -0.2) is 67.4 Å². The highest BCUT2D eigenvalue weighted by Gasteiger charge is 2.17. The SMILES string of the molecule is CCCCCCC(CCCC)CCCN(CC)CCN(CCOC(=O)OC(CCCCC)CCCCCC)C(C)C. The van der Waals surface area contributed by atoms with Crippen LogP contribution in [0.15, 0.2) is 0 Å². The Morgan fingerprint density at radius 2 is 1.12 bits per heavy atom. The van der Waals surface area contributed by atoms with Gasteiger partial charge in [-0.05, 0) is 71.4 Å². The number of hydrogen-bond acceptors (Lipinski definition) is 5. The lowest BCUT2D eigenvalue weighted by molar-refractivity contribution is 0.00999. The van der Waals surface area contributed by atoms with Crippen LogP contribution in [-0.2, 0) is 9.47 Å². The van der Waals surface area contributed by atoms with Gasteiger partial charge in [0.25, 0.3) is 0 Å². The zero-order valence-electron chi connectivity index (χ0n) is 29.0. The van der Waals surface area contributed by atoms with Gasteiger partial charge in [0.15, 0.2) is 0 Å². The van der Waals surface area contributed by atoms with Crippen molar-refractivity contribution >= 4 is 6.16 Å². The Morgan fingerprint density at radius 3 is 1.71 bits per heavy atom. The zero-order chi connectivity index (χ0) is 30.6. The monoisotopic (exact) mass is 583 g/mol. The Labute approximate surface area is 257 Å². The van der Waals surface area contributed by atoms with Gasteiger partial charge in [-0.1, -0.05) is 118 Å². The van der Waals surface area contributed by atoms with E-state index in [1.54, 1.807) is 0 Å². The van der Waals surface area contributed by atoms with Crippen molar-refractivity contribution in [1.82, 2.24) is 9.80 Å². The summed E-state index contributed by atoms with van der Waals surface area (Å²) >= 11 is 0. The van der Waals surface area contributed by atoms with E-state index in [0.29, 0.717) is 12.6 Å². The molecule has 0 fully saturated rings. The van der Waals surface area contributed by atoms with Gasteiger partial charge in [-0.15, -0.1) is 0 Å². The highest BCUT2D eigenvalue weighted by atomic mass is 16.7. The van der Waals surface area contributed by atoms with Crippen LogP contribution in [0.2, 0.25) is 0 Å². The molecule has 0 spiro atoms. The maximum atomic E-state index is 12.5. The van der Waals surface area contributed by atoms with E-state index in [9.17, 15) is 4.79 Å². The first-order valence-corrected chi connectivity index (χ1v) is 18.2. The number of ether oxygens (including phenoxy) is 2. The second kappa shape index (κ2) is 29.3. The topological polar surface area (TPSA) is 42.0 Å². The molecule has 0 saturated carbocycles. The Hall–Kier alpha value is -0.810. The van der Waals surface area contributed by atoms with E-state index in [4.69, 9.17) is 9.47 Å². The van der Waals surface area contributed by atoms with Gasteiger partial charge >= 0.3 is 6.16 Å². The molecule has 2 unspecified atom stereocenters. The fraction of sp³-hybridized carbons (Fsp3) is 0.972. The van der Waals surface area contributed by atoms with E-state index in [1.807, 2.05) is 0 Å². The molecular formula is C36H74N2O3. The van der Waals surface area contributed by atoms with E-state index >= 15 is 0 Å². The van der Waals surface area contributed by atoms with Gasteiger partial charge in [0, 0.05) is 25.7 Å². The summed E-state index contributed by atoms with van der Waals surface area (Å²) in [5.41, 5.74) is 0. The second-order valence-corrected chi connectivity index (χ2v) is 12.7. The normalized spacial score (nSPS) is 13.3. The van der Waals surface area contributed by atoms with E-state index in [0.717, 1.165) is 57.8 Å². The molecule has 246 valence electrons. The molecular weight excluding hydrogens is 508 g/mol. The summed E-state index contributed by atoms with van der Waals surface area (Å²) in [6.45, 7) is 21.4. The Balaban J connectivity index is 4.51. The van der Waals surface area contributed by atoms with Crippen LogP contribution in [0.5, 0.6) is 0 Å². The molecule has 0 bridgehead atoms. The van der Waals surface area contributed by atoms with Gasteiger partial charge < -0.3 is 14.4 Å². The third-order valence-corrected chi connectivity index (χ3v) is 8.77. The molecule has 0 rings (SSSR count). The third-order valence-electron chi connectivity index (χ3n) is 8.77. The summed E-state index contributed by atoms with van der Waals surface area (Å²) < 4.78 is 11.3. The van der Waals surface area contributed by atoms with Crippen LogP contribution < -0.4 is 0 Å². The third kappa shape index (κ3) is 24.3. The molecule has 0 N–H and O–H groups in total. The van der Waals surface area contributed by atoms with Crippen molar-refractivity contribution in [2.75, 3.05) is 39.3 Å². The smallest absolute Gasteiger partial charge is 0.433 e. The fourth-order valence-electron chi connectivity index (χ4n) is 5.81. The average Bonchev–Trinajstić information content (AvgIpc) is 2.96. The Bertz CT molecular complexity index is 557. The molecule has 0 aromatic rings. The number of carbonyl (C=O) groups is 1. The fourth-order valence-corrected chi connectivity index (χ4v) is 5.81. The summed E-state index contributed by atoms with van der Waals surface area (Å²) in [5.74, 6) is 0.914. The van der Waals surface area contributed by atoms with Crippen LogP contribution in [0.25, 0.3) is 0 Å². The molecule has 5 nitrogen and oxygen atoms in total. The standard InChI is InChI=1S/C36H74N2O3/c1-8-13-17-20-24-34(23-16-11-4)25-22-28-37(12-5)29-30-38(33(6)7)31-32-40-36(39)41-35(26-19-15-10-3)27-21-18-14-9-2/h33-35H,8-32H2,1-7H3. The summed E-state index contributed by atoms with van der Waals surface area (Å²) in [7, 11) is 0. The number of carbonyl (C=O) groups excluding carboxylic acids is 1. The molecule has 0 heterocycles. The van der Waals surface area contributed by atoms with Crippen molar-refractivity contribution in [2.24, 2.45) is 5.92 Å². The number of rotatable bonds is 30. The minimum absolute atomic E-state index is 0.00290. The maximum absolute atomic E-state index is 12.5. The van der Waals surface area contributed by atoms with E-state index in [-0.39, 0.29) is 6.10 Å². The van der Waals surface area contributed by atoms with Gasteiger partial charge in [0.2, 0.25) is 0 Å². The van der Waals surface area contributed by atoms with Crippen LogP contribution >= 0.6 is 0 Å². The summed E-state index contributed by atoms with van der Waals surface area (Å²) in [4.78, 5) is 17.6. The highest BCUT2D eigenvalue weighted by molar-refractivity contribution is 5.60. The van der Waals surface area contributed by atoms with Crippen LogP contribution in [0, 0.1) is 5.92 Å². The molecule has 0 aromatic heterocycles. The predicted molar refractivity (Wildman–Crippen MR) is 179 cm³/mol. The molecule has 0 radical (unpaired) electrons. The lowest BCUT2D eigenvalue weighted by Crippen LogP contribution is -2.41. The number of likely N-dealkylation sites (N-methyl/N-ethyl adjacent to an activating group) is 1. The molecule has 0 aliphatic rings. The first-order valence-electron chi connectivity index (χ1n) is 18.2. The number of unbranched alkanes of at least 4 members (excludes halogenated alkanes) is 9. The van der Waals surface area contributed by atoms with Crippen LogP contribution in [0.4, 0.5) is 4.79 Å². The molecule has 41 heavy (non-hydrogen) atoms. The first-order chi connectivity index (χ1) is 19.9. The molecule has 0 aromatic carbocycles. The van der Waals surface area contributed by atoms with Crippen molar-refractivity contribution in [1.29, 1.82) is 0 Å². The van der Waals surface area contributed by atoms with Gasteiger partial charge in [-0.3, -0.25) is 4.90 Å². The minimum atomic E-state index is -0.479. The Morgan fingerprint density at radius 1 is 0.585 bits per heavy atom. The Kier molecular flexibility index (Phi) is 28.7. The van der Waals surface area contributed by atoms with Crippen molar-refractivity contribution in [3.63, 3.8) is 0 Å². The van der Waals surface area contributed by atoms with Crippen molar-refractivity contribution in [3.05, 3.63) is 0 Å². The summed E-state index contributed by atoms with van der Waals surface area (Å²) in [5, 5.41) is 0. The second-order valence-electron chi connectivity index (χ2n) is 12.7. The summed E-state index contributed by atoms with van der Waals surface area (Å²) in [6.07, 6.45) is 23.5. The van der Waals surface area contributed by atoms with Crippen molar-refractivity contribution in [2.45, 2.75) is 183 Å². The largest absolute Gasteiger partial charge is 0.508 e. The quantitative estimate of drug-likeness (QED) is 0.0622. The maximum Gasteiger partial charge on any atom is 0.508 e. The molecule has 5 heteroatoms. The van der Waals surface area contributed by atoms with E-state index in [2.05, 4.69) is 58.3 Å². The molecule has 0 amide bonds. The van der Waals surface area contributed by atoms with Gasteiger partial charge in [-0.2, -0.15) is 0 Å². The molecule has 2 atom stereocenters. The van der Waals surface area contributed by atoms with Crippen LogP contribution in [0.3, 0.4) is 0 Å². The lowest BCUT2D eigenvalue weighted by Gasteiger charge is -2.30. The molecule has 0 saturated heterocycles. The predicted octanol–water partition coefficient (Wildman–Crippen LogP) is 10.6. The van der Waals surface area contributed by atoms with Crippen molar-refractivity contribution < 1.29 is 14.3 Å². The minimum Gasteiger partial charge on any atom is -0.433 e. The molecule has 0 aliphatic heterocycles. The van der Waals surface area contributed by atoms with Gasteiger partial charge in [-0.25, -0.2) is 4.79 Å². The zero-order valence-corrected chi connectivity index (χ0v) is 29.0. The first kappa shape index (κ1) is 40.2. The number of nitrogens with zero attached hydrogens (tertiary/aromatic N) is 2. The highest BCUT2D eigenvalue weighted by Crippen LogP contribution is 2.22. The molecule has 0 aliphatic carbocycles. The van der Waals surface area contributed by atoms with Crippen LogP contribution in [0.1, 0.15) is 170 Å². The van der Waals surface area contributed by atoms with Gasteiger partial charge in [0.1, 0.15) is 12.7 Å². The van der Waals surface area contributed by atoms with Gasteiger partial charge in [0.05, 0.1) is 0 Å². The average molecular weight is 583 g/mol. The number of hydrogen-bond donors (Lipinski definition) is 0. The van der Waals surface area contributed by atoms with E-state index in [1.165, 1.54) is 103 Å². The summed E-state index contributed by atoms with van der Waals surface area (Å²) in [6, 6.07) is 0.426. The van der Waals surface area contributed by atoms with E-state index < -0.39 is 6.16 Å². The van der Waals surface area contributed by atoms with Crippen molar-refractivity contribution in [3.8, 4) is 0 Å². The lowest BCUT2D eigenvalue weighted by atomic mass is 9.91.